The summed E-state index contributed by atoms with van der Waals surface area (Å²) in [6.07, 6.45) is 18.7. The first-order valence-electron chi connectivity index (χ1n) is 35.0. The lowest BCUT2D eigenvalue weighted by atomic mass is 9.50. The van der Waals surface area contributed by atoms with E-state index in [-0.39, 0.29) is 40.8 Å². The molecule has 11 nitrogen and oxygen atoms in total. The lowest BCUT2D eigenvalue weighted by molar-refractivity contribution is -0.211. The summed E-state index contributed by atoms with van der Waals surface area (Å²) in [4.78, 5) is 35.4. The summed E-state index contributed by atoms with van der Waals surface area (Å²) in [5.74, 6) is 10.7. The molecule has 8 aliphatic carbocycles. The number of methoxy groups -OCH3 is 1. The molecule has 8 aliphatic rings. The number of aromatic hydroxyl groups is 2. The minimum absolute atomic E-state index is 0.0185. The van der Waals surface area contributed by atoms with E-state index in [1.54, 1.807) is 36.4 Å². The Morgan fingerprint density at radius 2 is 0.800 bits per heavy atom. The molecule has 0 spiro atoms. The predicted octanol–water partition coefficient (Wildman–Crippen LogP) is 21.1. The van der Waals surface area contributed by atoms with Gasteiger partial charge in [-0.1, -0.05) is 125 Å². The van der Waals surface area contributed by atoms with E-state index in [4.69, 9.17) is 33.9 Å². The molecular formula is C79H120O11. The van der Waals surface area contributed by atoms with E-state index < -0.39 is 6.16 Å². The van der Waals surface area contributed by atoms with Gasteiger partial charge in [0.25, 0.3) is 0 Å². The van der Waals surface area contributed by atoms with Crippen LogP contribution in [0.2, 0.25) is 0 Å². The molecule has 11 heteroatoms. The summed E-state index contributed by atoms with van der Waals surface area (Å²) in [6, 6.07) is 30.6. The number of carbonyl (C=O) groups is 3. The molecular weight excluding hydrogens is 1120 g/mol. The van der Waals surface area contributed by atoms with Gasteiger partial charge in [0.15, 0.2) is 6.29 Å². The van der Waals surface area contributed by atoms with Gasteiger partial charge in [0.2, 0.25) is 0 Å². The zero-order chi connectivity index (χ0) is 66.5. The van der Waals surface area contributed by atoms with Gasteiger partial charge in [-0.15, -0.1) is 0 Å². The van der Waals surface area contributed by atoms with Crippen LogP contribution in [0.4, 0.5) is 4.79 Å². The molecule has 0 saturated heterocycles. The molecule has 0 aliphatic heterocycles. The summed E-state index contributed by atoms with van der Waals surface area (Å²) in [7, 11) is 1.29. The van der Waals surface area contributed by atoms with Crippen LogP contribution in [-0.2, 0) is 28.5 Å². The molecule has 90 heavy (non-hydrogen) atoms. The fourth-order valence-corrected chi connectivity index (χ4v) is 14.4. The van der Waals surface area contributed by atoms with Crippen LogP contribution in [0.25, 0.3) is 0 Å². The molecule has 2 N–H and O–H groups in total. The van der Waals surface area contributed by atoms with Crippen LogP contribution < -0.4 is 9.47 Å². The molecule has 8 fully saturated rings. The molecule has 502 valence electrons. The highest BCUT2D eigenvalue weighted by molar-refractivity contribution is 5.76. The Balaban J connectivity index is 0.000000199. The van der Waals surface area contributed by atoms with Gasteiger partial charge in [0.1, 0.15) is 34.2 Å². The predicted molar refractivity (Wildman–Crippen MR) is 365 cm³/mol. The van der Waals surface area contributed by atoms with Gasteiger partial charge in [-0.2, -0.15) is 0 Å². The third kappa shape index (κ3) is 21.2. The van der Waals surface area contributed by atoms with E-state index in [2.05, 4.69) is 100.0 Å². The van der Waals surface area contributed by atoms with E-state index in [0.717, 1.165) is 67.9 Å². The second-order valence-corrected chi connectivity index (χ2v) is 28.6. The van der Waals surface area contributed by atoms with E-state index in [0.29, 0.717) is 71.2 Å². The zero-order valence-corrected chi connectivity index (χ0v) is 58.9. The first kappa shape index (κ1) is 75.2. The van der Waals surface area contributed by atoms with E-state index >= 15 is 0 Å². The molecule has 8 bridgehead atoms. The number of phenols is 2. The summed E-state index contributed by atoms with van der Waals surface area (Å²) in [5.41, 5.74) is 4.55. The first-order chi connectivity index (χ1) is 42.7. The smallest absolute Gasteiger partial charge is 0.508 e. The molecule has 12 rings (SSSR count). The van der Waals surface area contributed by atoms with Crippen molar-refractivity contribution in [2.24, 2.45) is 58.7 Å². The highest BCUT2D eigenvalue weighted by Gasteiger charge is 2.59. The minimum atomic E-state index is -0.689. The standard InChI is InChI=1S/C17H28O2.C16H26O2.C14H22O2.C12H16O3.2C10H14O/c1-5-16(2,3)15(18)19-17(4)13-7-11-6-12(9-13)10-14(17)8-11;1-4-10(2)15(17)18-16(3)13-6-11-5-12(8-13)9-14(16)7-11;1-5-11(3)13-7-9-14(10-8-13)16-12(4)15-6-2;1-4-9(2)10-5-7-11(8-6-10)15-12(13)14-3;2*1-3-8(2)9-4-6-10(11)7-5-9/h11-14H,5-10H2,1-4H3;10-14H,4-9H2,1-3H3;7-12H,5-6H2,1-4H3;5-9H,4H2,1-3H3;2*4-8,11H,3H2,1-2H3. The SMILES string of the molecule is CCC(C)(C)C(=O)OC1(C)C2CC3CC(C2)CC1C3.CCC(C)C(=O)OC1(C)C2CC3CC(C2)CC1C3.CCC(C)c1ccc(O)cc1.CCC(C)c1ccc(O)cc1.CCC(C)c1ccc(OC(=O)OC)cc1.CCOC(C)Oc1ccc(C(C)CC)cc1. The number of phenolic OH excluding ortho intramolecular Hbond substituents is 2. The highest BCUT2D eigenvalue weighted by Crippen LogP contribution is 2.61. The maximum atomic E-state index is 12.5. The van der Waals surface area contributed by atoms with Crippen molar-refractivity contribution >= 4 is 18.1 Å². The maximum absolute atomic E-state index is 12.5. The van der Waals surface area contributed by atoms with Crippen molar-refractivity contribution in [2.75, 3.05) is 13.7 Å². The molecule has 4 aromatic rings. The van der Waals surface area contributed by atoms with Crippen molar-refractivity contribution in [3.05, 3.63) is 119 Å². The average Bonchev–Trinajstić information content (AvgIpc) is 0.774. The van der Waals surface area contributed by atoms with Crippen molar-refractivity contribution in [3.8, 4) is 23.0 Å². The third-order valence-electron chi connectivity index (χ3n) is 21.9. The van der Waals surface area contributed by atoms with Crippen LogP contribution in [-0.4, -0.2) is 59.5 Å². The van der Waals surface area contributed by atoms with Crippen LogP contribution in [0.1, 0.15) is 266 Å². The van der Waals surface area contributed by atoms with Crippen LogP contribution in [0.3, 0.4) is 0 Å². The van der Waals surface area contributed by atoms with Gasteiger partial charge in [0.05, 0.1) is 18.4 Å². The summed E-state index contributed by atoms with van der Waals surface area (Å²) < 4.78 is 32.3. The van der Waals surface area contributed by atoms with Crippen molar-refractivity contribution < 1.29 is 53.0 Å². The fourth-order valence-electron chi connectivity index (χ4n) is 14.4. The summed E-state index contributed by atoms with van der Waals surface area (Å²) in [5, 5.41) is 18.0. The number of carbonyl (C=O) groups excluding carboxylic acids is 3. The van der Waals surface area contributed by atoms with Gasteiger partial charge in [-0.05, 0) is 286 Å². The van der Waals surface area contributed by atoms with Crippen molar-refractivity contribution in [2.45, 2.75) is 262 Å². The largest absolute Gasteiger partial charge is 0.513 e. The van der Waals surface area contributed by atoms with Crippen LogP contribution in [0, 0.1) is 58.7 Å². The first-order valence-corrected chi connectivity index (χ1v) is 35.0. The molecule has 6 atom stereocenters. The van der Waals surface area contributed by atoms with Gasteiger partial charge >= 0.3 is 18.1 Å². The van der Waals surface area contributed by atoms with Crippen molar-refractivity contribution in [1.29, 1.82) is 0 Å². The van der Waals surface area contributed by atoms with Gasteiger partial charge < -0.3 is 38.6 Å². The number of hydrogen-bond donors (Lipinski definition) is 2. The number of benzene rings is 4. The Kier molecular flexibility index (Phi) is 29.6. The molecule has 4 aromatic carbocycles. The monoisotopic (exact) mass is 1240 g/mol. The van der Waals surface area contributed by atoms with E-state index in [9.17, 15) is 14.4 Å². The number of rotatable bonds is 19. The molecule has 8 saturated carbocycles. The topological polar surface area (TPSA) is 147 Å². The fraction of sp³-hybridized carbons (Fsp3) is 0.658. The Labute approximate surface area is 544 Å². The van der Waals surface area contributed by atoms with Gasteiger partial charge in [-0.3, -0.25) is 9.59 Å². The van der Waals surface area contributed by atoms with Crippen LogP contribution in [0.15, 0.2) is 97.1 Å². The lowest BCUT2D eigenvalue weighted by Crippen LogP contribution is -2.58. The minimum Gasteiger partial charge on any atom is -0.508 e. The normalized spacial score (nSPS) is 26.5. The molecule has 0 aromatic heterocycles. The lowest BCUT2D eigenvalue weighted by Gasteiger charge is -2.59. The molecule has 0 amide bonds. The Morgan fingerprint density at radius 1 is 0.478 bits per heavy atom. The van der Waals surface area contributed by atoms with Gasteiger partial charge in [0, 0.05) is 6.61 Å². The van der Waals surface area contributed by atoms with Gasteiger partial charge in [-0.25, -0.2) is 4.79 Å². The quantitative estimate of drug-likeness (QED) is 0.0400. The highest BCUT2D eigenvalue weighted by atomic mass is 16.7. The summed E-state index contributed by atoms with van der Waals surface area (Å²) in [6.45, 7) is 36.6. The van der Waals surface area contributed by atoms with E-state index in [1.165, 1.54) is 93.6 Å². The Hall–Kier alpha value is -5.55. The average molecular weight is 1250 g/mol. The number of esters is 2. The second kappa shape index (κ2) is 35.5. The zero-order valence-electron chi connectivity index (χ0n) is 58.9. The summed E-state index contributed by atoms with van der Waals surface area (Å²) >= 11 is 0. The van der Waals surface area contributed by atoms with Crippen LogP contribution in [0.5, 0.6) is 23.0 Å². The van der Waals surface area contributed by atoms with Crippen LogP contribution >= 0.6 is 0 Å². The van der Waals surface area contributed by atoms with E-state index in [1.807, 2.05) is 83.1 Å². The number of hydrogen-bond acceptors (Lipinski definition) is 11. The third-order valence-corrected chi connectivity index (χ3v) is 21.9. The Bertz CT molecular complexity index is 2620. The maximum Gasteiger partial charge on any atom is 0.513 e. The molecule has 0 heterocycles. The number of ether oxygens (including phenoxy) is 6. The van der Waals surface area contributed by atoms with Crippen molar-refractivity contribution in [1.82, 2.24) is 0 Å². The molecule has 0 radical (unpaired) electrons. The second-order valence-electron chi connectivity index (χ2n) is 28.6. The Morgan fingerprint density at radius 3 is 1.10 bits per heavy atom. The molecule has 6 unspecified atom stereocenters. The van der Waals surface area contributed by atoms with Crippen molar-refractivity contribution in [3.63, 3.8) is 0 Å².